The summed E-state index contributed by atoms with van der Waals surface area (Å²) in [6, 6.07) is 5.21. The Kier molecular flexibility index (Phi) is 4.56. The number of halogens is 1. The normalized spacial score (nSPS) is 10.7. The van der Waals surface area contributed by atoms with Crippen LogP contribution in [0, 0.1) is 12.7 Å². The van der Waals surface area contributed by atoms with Crippen LogP contribution in [0.1, 0.15) is 12.0 Å². The van der Waals surface area contributed by atoms with Gasteiger partial charge in [0.25, 0.3) is 0 Å². The summed E-state index contributed by atoms with van der Waals surface area (Å²) >= 11 is 0. The predicted octanol–water partition coefficient (Wildman–Crippen LogP) is 2.46. The highest BCUT2D eigenvalue weighted by Crippen LogP contribution is 2.19. The Morgan fingerprint density at radius 3 is 2.73 bits per heavy atom. The van der Waals surface area contributed by atoms with Gasteiger partial charge < -0.3 is 9.64 Å². The van der Waals surface area contributed by atoms with Crippen LogP contribution in [-0.2, 0) is 0 Å². The maximum atomic E-state index is 13.5. The molecule has 84 valence electrons. The van der Waals surface area contributed by atoms with E-state index in [1.807, 2.05) is 14.1 Å². The second kappa shape index (κ2) is 5.71. The first-order chi connectivity index (χ1) is 7.11. The van der Waals surface area contributed by atoms with E-state index in [-0.39, 0.29) is 5.82 Å². The number of hydrogen-bond donors (Lipinski definition) is 0. The number of hydrogen-bond acceptors (Lipinski definition) is 2. The lowest BCUT2D eigenvalue weighted by atomic mass is 10.2. The molecule has 0 saturated heterocycles. The van der Waals surface area contributed by atoms with Crippen molar-refractivity contribution in [2.45, 2.75) is 13.3 Å². The fourth-order valence-corrected chi connectivity index (χ4v) is 1.29. The summed E-state index contributed by atoms with van der Waals surface area (Å²) in [4.78, 5) is 2.08. The van der Waals surface area contributed by atoms with Gasteiger partial charge in [0.2, 0.25) is 0 Å². The van der Waals surface area contributed by atoms with Crippen LogP contribution < -0.4 is 4.74 Å². The lowest BCUT2D eigenvalue weighted by Crippen LogP contribution is -2.15. The van der Waals surface area contributed by atoms with Crippen LogP contribution in [0.4, 0.5) is 4.39 Å². The summed E-state index contributed by atoms with van der Waals surface area (Å²) in [7, 11) is 4.01. The molecule has 1 aromatic carbocycles. The van der Waals surface area contributed by atoms with Gasteiger partial charge in [-0.25, -0.2) is 4.39 Å². The first-order valence-electron chi connectivity index (χ1n) is 5.14. The molecule has 0 atom stereocenters. The van der Waals surface area contributed by atoms with Crippen molar-refractivity contribution < 1.29 is 9.13 Å². The molecule has 0 aliphatic carbocycles. The van der Waals surface area contributed by atoms with E-state index in [1.54, 1.807) is 25.1 Å². The van der Waals surface area contributed by atoms with Gasteiger partial charge in [-0.05, 0) is 39.1 Å². The van der Waals surface area contributed by atoms with Gasteiger partial charge >= 0.3 is 0 Å². The Bertz CT molecular complexity index is 312. The van der Waals surface area contributed by atoms with E-state index in [9.17, 15) is 4.39 Å². The van der Waals surface area contributed by atoms with Crippen molar-refractivity contribution in [3.8, 4) is 5.75 Å². The van der Waals surface area contributed by atoms with Crippen molar-refractivity contribution in [3.05, 3.63) is 29.6 Å². The molecule has 0 N–H and O–H groups in total. The Morgan fingerprint density at radius 1 is 1.33 bits per heavy atom. The monoisotopic (exact) mass is 211 g/mol. The number of benzene rings is 1. The van der Waals surface area contributed by atoms with Crippen LogP contribution in [0.15, 0.2) is 18.2 Å². The topological polar surface area (TPSA) is 12.5 Å². The van der Waals surface area contributed by atoms with E-state index in [2.05, 4.69) is 4.90 Å². The molecule has 0 heterocycles. The molecular formula is C12H18FNO. The summed E-state index contributed by atoms with van der Waals surface area (Å²) in [6.45, 7) is 3.24. The molecule has 0 aliphatic heterocycles. The molecule has 0 aliphatic rings. The van der Waals surface area contributed by atoms with Crippen LogP contribution in [0.3, 0.4) is 0 Å². The molecule has 0 unspecified atom stereocenters. The van der Waals surface area contributed by atoms with Crippen molar-refractivity contribution in [1.82, 2.24) is 4.90 Å². The van der Waals surface area contributed by atoms with Crippen molar-refractivity contribution in [2.75, 3.05) is 27.2 Å². The first-order valence-corrected chi connectivity index (χ1v) is 5.14. The number of nitrogens with zero attached hydrogens (tertiary/aromatic N) is 1. The molecule has 0 radical (unpaired) electrons. The highest BCUT2D eigenvalue weighted by Gasteiger charge is 2.04. The van der Waals surface area contributed by atoms with Crippen LogP contribution >= 0.6 is 0 Å². The van der Waals surface area contributed by atoms with Gasteiger partial charge in [0, 0.05) is 6.54 Å². The largest absolute Gasteiger partial charge is 0.490 e. The molecule has 0 aromatic heterocycles. The molecule has 0 saturated carbocycles. The second-order valence-corrected chi connectivity index (χ2v) is 3.89. The van der Waals surface area contributed by atoms with E-state index in [4.69, 9.17) is 4.74 Å². The van der Waals surface area contributed by atoms with Crippen molar-refractivity contribution in [2.24, 2.45) is 0 Å². The fourth-order valence-electron chi connectivity index (χ4n) is 1.29. The van der Waals surface area contributed by atoms with Crippen LogP contribution in [0.5, 0.6) is 5.75 Å². The SMILES string of the molecule is Cc1cccc(OCCCN(C)C)c1F. The lowest BCUT2D eigenvalue weighted by molar-refractivity contribution is 0.270. The van der Waals surface area contributed by atoms with Crippen LogP contribution in [-0.4, -0.2) is 32.1 Å². The van der Waals surface area contributed by atoms with E-state index < -0.39 is 0 Å². The summed E-state index contributed by atoms with van der Waals surface area (Å²) in [5.41, 5.74) is 0.625. The smallest absolute Gasteiger partial charge is 0.167 e. The summed E-state index contributed by atoms with van der Waals surface area (Å²) in [5, 5.41) is 0. The van der Waals surface area contributed by atoms with Gasteiger partial charge in [-0.15, -0.1) is 0 Å². The second-order valence-electron chi connectivity index (χ2n) is 3.89. The maximum Gasteiger partial charge on any atom is 0.167 e. The Morgan fingerprint density at radius 2 is 2.07 bits per heavy atom. The third-order valence-corrected chi connectivity index (χ3v) is 2.16. The molecule has 0 bridgehead atoms. The van der Waals surface area contributed by atoms with Crippen LogP contribution in [0.25, 0.3) is 0 Å². The highest BCUT2D eigenvalue weighted by atomic mass is 19.1. The first kappa shape index (κ1) is 12.0. The average Bonchev–Trinajstić information content (AvgIpc) is 2.18. The van der Waals surface area contributed by atoms with Gasteiger partial charge in [-0.3, -0.25) is 0 Å². The predicted molar refractivity (Wildman–Crippen MR) is 59.8 cm³/mol. The Hall–Kier alpha value is -1.09. The zero-order chi connectivity index (χ0) is 11.3. The minimum absolute atomic E-state index is 0.248. The molecular weight excluding hydrogens is 193 g/mol. The third-order valence-electron chi connectivity index (χ3n) is 2.16. The molecule has 0 spiro atoms. The number of aryl methyl sites for hydroxylation is 1. The molecule has 0 fully saturated rings. The van der Waals surface area contributed by atoms with E-state index >= 15 is 0 Å². The highest BCUT2D eigenvalue weighted by molar-refractivity contribution is 5.29. The van der Waals surface area contributed by atoms with Gasteiger partial charge in [0.1, 0.15) is 0 Å². The van der Waals surface area contributed by atoms with Gasteiger partial charge in [0.05, 0.1) is 6.61 Å². The minimum Gasteiger partial charge on any atom is -0.490 e. The minimum atomic E-state index is -0.248. The quantitative estimate of drug-likeness (QED) is 0.694. The van der Waals surface area contributed by atoms with Gasteiger partial charge in [-0.2, -0.15) is 0 Å². The molecule has 15 heavy (non-hydrogen) atoms. The average molecular weight is 211 g/mol. The van der Waals surface area contributed by atoms with E-state index in [0.29, 0.717) is 17.9 Å². The fraction of sp³-hybridized carbons (Fsp3) is 0.500. The van der Waals surface area contributed by atoms with Crippen LogP contribution in [0.2, 0.25) is 0 Å². The Labute approximate surface area is 90.7 Å². The lowest BCUT2D eigenvalue weighted by Gasteiger charge is -2.11. The molecule has 2 nitrogen and oxygen atoms in total. The summed E-state index contributed by atoms with van der Waals surface area (Å²) in [6.07, 6.45) is 0.903. The third kappa shape index (κ3) is 3.88. The molecule has 1 rings (SSSR count). The summed E-state index contributed by atoms with van der Waals surface area (Å²) < 4.78 is 18.8. The standard InChI is InChI=1S/C12H18FNO/c1-10-6-4-7-11(12(10)13)15-9-5-8-14(2)3/h4,6-7H,5,8-9H2,1-3H3. The number of ether oxygens (including phenoxy) is 1. The number of rotatable bonds is 5. The zero-order valence-corrected chi connectivity index (χ0v) is 9.59. The van der Waals surface area contributed by atoms with Crippen molar-refractivity contribution in [1.29, 1.82) is 0 Å². The van der Waals surface area contributed by atoms with Gasteiger partial charge in [0.15, 0.2) is 11.6 Å². The zero-order valence-electron chi connectivity index (χ0n) is 9.59. The van der Waals surface area contributed by atoms with E-state index in [0.717, 1.165) is 13.0 Å². The Balaban J connectivity index is 2.41. The maximum absolute atomic E-state index is 13.5. The van der Waals surface area contributed by atoms with Crippen molar-refractivity contribution >= 4 is 0 Å². The molecule has 0 amide bonds. The molecule has 1 aromatic rings. The van der Waals surface area contributed by atoms with E-state index in [1.165, 1.54) is 0 Å². The molecule has 3 heteroatoms. The summed E-state index contributed by atoms with van der Waals surface area (Å²) in [5.74, 6) is 0.108. The van der Waals surface area contributed by atoms with Crippen molar-refractivity contribution in [3.63, 3.8) is 0 Å². The van der Waals surface area contributed by atoms with Gasteiger partial charge in [-0.1, -0.05) is 12.1 Å².